The zero-order chi connectivity index (χ0) is 24.8. The molecule has 0 spiro atoms. The maximum Gasteiger partial charge on any atom is 0.338 e. The van der Waals surface area contributed by atoms with Crippen LogP contribution < -0.4 is 24.2 Å². The number of anilines is 2. The lowest BCUT2D eigenvalue weighted by Gasteiger charge is -2.19. The first-order valence-electron chi connectivity index (χ1n) is 10.5. The van der Waals surface area contributed by atoms with Crippen molar-refractivity contribution < 1.29 is 37.0 Å². The van der Waals surface area contributed by atoms with Crippen LogP contribution in [0.2, 0.25) is 0 Å². The minimum absolute atomic E-state index is 0.00583. The fraction of sp³-hybridized carbons (Fsp3) is 0.167. The van der Waals surface area contributed by atoms with Crippen molar-refractivity contribution in [1.82, 2.24) is 0 Å². The molecule has 2 N–H and O–H groups in total. The van der Waals surface area contributed by atoms with Crippen molar-refractivity contribution in [3.8, 4) is 17.2 Å². The summed E-state index contributed by atoms with van der Waals surface area (Å²) in [5.41, 5.74) is 0.841. The summed E-state index contributed by atoms with van der Waals surface area (Å²) in [5.74, 6) is 0.0381. The molecular weight excluding hydrogens is 476 g/mol. The number of carbonyl (C=O) groups is 2. The van der Waals surface area contributed by atoms with Gasteiger partial charge in [-0.15, -0.1) is 0 Å². The molecule has 0 aromatic heterocycles. The standard InChI is InChI=1S/C24H22N2O8S/c1-31-20-5-3-2-4-19(20)25-23(27)15-34-24(28)16-6-8-17(9-7-16)26-35(29,30)18-10-11-21-22(14-18)33-13-12-32-21/h2-11,14,26H,12-13,15H2,1H3,(H,25,27). The number of hydrogen-bond donors (Lipinski definition) is 2. The number of fused-ring (bicyclic) bond motifs is 1. The quantitative estimate of drug-likeness (QED) is 0.454. The third kappa shape index (κ3) is 5.82. The summed E-state index contributed by atoms with van der Waals surface area (Å²) >= 11 is 0. The van der Waals surface area contributed by atoms with Gasteiger partial charge in [-0.1, -0.05) is 12.1 Å². The van der Waals surface area contributed by atoms with Crippen LogP contribution in [0.5, 0.6) is 17.2 Å². The van der Waals surface area contributed by atoms with Crippen LogP contribution in [-0.2, 0) is 19.6 Å². The van der Waals surface area contributed by atoms with E-state index in [0.29, 0.717) is 36.1 Å². The normalized spacial score (nSPS) is 12.4. The highest BCUT2D eigenvalue weighted by Gasteiger charge is 2.20. The van der Waals surface area contributed by atoms with Crippen molar-refractivity contribution in [2.24, 2.45) is 0 Å². The number of benzene rings is 3. The molecule has 0 atom stereocenters. The van der Waals surface area contributed by atoms with Gasteiger partial charge in [-0.3, -0.25) is 9.52 Å². The first-order chi connectivity index (χ1) is 16.9. The fourth-order valence-corrected chi connectivity index (χ4v) is 4.30. The Hall–Kier alpha value is -4.25. The second kappa shape index (κ2) is 10.3. The summed E-state index contributed by atoms with van der Waals surface area (Å²) in [7, 11) is -2.42. The van der Waals surface area contributed by atoms with E-state index < -0.39 is 28.5 Å². The Labute approximate surface area is 201 Å². The Bertz CT molecular complexity index is 1340. The molecule has 0 saturated heterocycles. The van der Waals surface area contributed by atoms with Gasteiger partial charge in [0, 0.05) is 11.8 Å². The van der Waals surface area contributed by atoms with Gasteiger partial charge in [0.25, 0.3) is 15.9 Å². The highest BCUT2D eigenvalue weighted by Crippen LogP contribution is 2.32. The van der Waals surface area contributed by atoms with E-state index in [1.165, 1.54) is 49.6 Å². The van der Waals surface area contributed by atoms with Crippen molar-refractivity contribution in [3.05, 3.63) is 72.3 Å². The molecule has 35 heavy (non-hydrogen) atoms. The van der Waals surface area contributed by atoms with Crippen molar-refractivity contribution in [2.75, 3.05) is 37.0 Å². The molecule has 0 bridgehead atoms. The molecule has 1 aliphatic rings. The van der Waals surface area contributed by atoms with Gasteiger partial charge in [0.15, 0.2) is 18.1 Å². The average molecular weight is 499 g/mol. The van der Waals surface area contributed by atoms with Gasteiger partial charge < -0.3 is 24.3 Å². The summed E-state index contributed by atoms with van der Waals surface area (Å²) in [4.78, 5) is 24.4. The highest BCUT2D eigenvalue weighted by atomic mass is 32.2. The van der Waals surface area contributed by atoms with Gasteiger partial charge in [-0.2, -0.15) is 0 Å². The number of carbonyl (C=O) groups excluding carboxylic acids is 2. The number of para-hydroxylation sites is 2. The van der Waals surface area contributed by atoms with Crippen LogP contribution in [0.4, 0.5) is 11.4 Å². The Balaban J connectivity index is 1.34. The predicted octanol–water partition coefficient (Wildman–Crippen LogP) is 3.06. The molecule has 4 rings (SSSR count). The lowest BCUT2D eigenvalue weighted by Crippen LogP contribution is -2.21. The van der Waals surface area contributed by atoms with Crippen molar-refractivity contribution in [3.63, 3.8) is 0 Å². The SMILES string of the molecule is COc1ccccc1NC(=O)COC(=O)c1ccc(NS(=O)(=O)c2ccc3c(c2)OCCO3)cc1. The van der Waals surface area contributed by atoms with Gasteiger partial charge in [0.2, 0.25) is 0 Å². The summed E-state index contributed by atoms with van der Waals surface area (Å²) in [6.07, 6.45) is 0. The Morgan fingerprint density at radius 2 is 1.66 bits per heavy atom. The maximum atomic E-state index is 12.7. The molecule has 1 aliphatic heterocycles. The van der Waals surface area contributed by atoms with Crippen LogP contribution in [0.15, 0.2) is 71.6 Å². The molecule has 0 aliphatic carbocycles. The van der Waals surface area contributed by atoms with Gasteiger partial charge >= 0.3 is 5.97 Å². The minimum atomic E-state index is -3.90. The van der Waals surface area contributed by atoms with Crippen LogP contribution in [0.25, 0.3) is 0 Å². The molecule has 182 valence electrons. The van der Waals surface area contributed by atoms with Crippen LogP contribution in [-0.4, -0.2) is 47.2 Å². The molecule has 3 aromatic rings. The third-order valence-corrected chi connectivity index (χ3v) is 6.29. The average Bonchev–Trinajstić information content (AvgIpc) is 2.87. The molecule has 0 fully saturated rings. The third-order valence-electron chi connectivity index (χ3n) is 4.91. The number of rotatable bonds is 8. The Morgan fingerprint density at radius 3 is 2.40 bits per heavy atom. The highest BCUT2D eigenvalue weighted by molar-refractivity contribution is 7.92. The summed E-state index contributed by atoms with van der Waals surface area (Å²) in [6, 6.07) is 16.8. The van der Waals surface area contributed by atoms with E-state index in [-0.39, 0.29) is 16.1 Å². The second-order valence-electron chi connectivity index (χ2n) is 7.31. The smallest absolute Gasteiger partial charge is 0.338 e. The largest absolute Gasteiger partial charge is 0.495 e. The van der Waals surface area contributed by atoms with E-state index in [1.54, 1.807) is 24.3 Å². The molecule has 0 unspecified atom stereocenters. The van der Waals surface area contributed by atoms with E-state index in [1.807, 2.05) is 0 Å². The number of methoxy groups -OCH3 is 1. The van der Waals surface area contributed by atoms with Crippen LogP contribution in [0, 0.1) is 0 Å². The molecular formula is C24H22N2O8S. The van der Waals surface area contributed by atoms with Gasteiger partial charge in [-0.05, 0) is 48.5 Å². The summed E-state index contributed by atoms with van der Waals surface area (Å²) in [6.45, 7) is 0.234. The molecule has 11 heteroatoms. The number of amides is 1. The molecule has 1 heterocycles. The molecule has 0 saturated carbocycles. The summed E-state index contributed by atoms with van der Waals surface area (Å²) in [5, 5.41) is 2.60. The van der Waals surface area contributed by atoms with Crippen molar-refractivity contribution in [2.45, 2.75) is 4.90 Å². The summed E-state index contributed by atoms with van der Waals surface area (Å²) < 4.78 is 48.9. The van der Waals surface area contributed by atoms with E-state index in [2.05, 4.69) is 10.0 Å². The monoisotopic (exact) mass is 498 g/mol. The van der Waals surface area contributed by atoms with Gasteiger partial charge in [0.1, 0.15) is 19.0 Å². The van der Waals surface area contributed by atoms with Crippen LogP contribution in [0.3, 0.4) is 0 Å². The molecule has 0 radical (unpaired) electrons. The Kier molecular flexibility index (Phi) is 7.06. The lowest BCUT2D eigenvalue weighted by molar-refractivity contribution is -0.119. The van der Waals surface area contributed by atoms with E-state index >= 15 is 0 Å². The van der Waals surface area contributed by atoms with Crippen molar-refractivity contribution in [1.29, 1.82) is 0 Å². The number of nitrogens with one attached hydrogen (secondary N) is 2. The molecule has 10 nitrogen and oxygen atoms in total. The minimum Gasteiger partial charge on any atom is -0.495 e. The van der Waals surface area contributed by atoms with E-state index in [0.717, 1.165) is 0 Å². The lowest BCUT2D eigenvalue weighted by atomic mass is 10.2. The second-order valence-corrected chi connectivity index (χ2v) is 9.00. The van der Waals surface area contributed by atoms with Crippen molar-refractivity contribution >= 4 is 33.3 Å². The molecule has 1 amide bonds. The van der Waals surface area contributed by atoms with Gasteiger partial charge in [0.05, 0.1) is 23.3 Å². The Morgan fingerprint density at radius 1 is 0.943 bits per heavy atom. The zero-order valence-corrected chi connectivity index (χ0v) is 19.5. The first kappa shape index (κ1) is 23.9. The number of ether oxygens (including phenoxy) is 4. The van der Waals surface area contributed by atoms with Gasteiger partial charge in [-0.25, -0.2) is 13.2 Å². The number of sulfonamides is 1. The maximum absolute atomic E-state index is 12.7. The number of hydrogen-bond acceptors (Lipinski definition) is 8. The zero-order valence-electron chi connectivity index (χ0n) is 18.6. The fourth-order valence-electron chi connectivity index (χ4n) is 3.23. The van der Waals surface area contributed by atoms with Crippen LogP contribution in [0.1, 0.15) is 10.4 Å². The van der Waals surface area contributed by atoms with Crippen LogP contribution >= 0.6 is 0 Å². The first-order valence-corrected chi connectivity index (χ1v) is 12.0. The predicted molar refractivity (Wildman–Crippen MR) is 127 cm³/mol. The molecule has 3 aromatic carbocycles. The topological polar surface area (TPSA) is 129 Å². The van der Waals surface area contributed by atoms with E-state index in [9.17, 15) is 18.0 Å². The van der Waals surface area contributed by atoms with E-state index in [4.69, 9.17) is 18.9 Å². The number of esters is 1.